The molecule has 2 aromatic carbocycles. The first-order valence-electron chi connectivity index (χ1n) is 9.43. The number of benzene rings is 2. The monoisotopic (exact) mass is 366 g/mol. The number of nitrogens with one attached hydrogen (secondary N) is 1. The molecule has 5 heteroatoms. The Kier molecular flexibility index (Phi) is 6.47. The molecule has 1 heterocycles. The SMILES string of the molecule is COc1ccccc1CCNC(=O)C1CCN(C(=O)c2ccccc2)CC1. The van der Waals surface area contributed by atoms with Crippen LogP contribution in [0.4, 0.5) is 0 Å². The van der Waals surface area contributed by atoms with Crippen LogP contribution >= 0.6 is 0 Å². The number of piperidine rings is 1. The van der Waals surface area contributed by atoms with E-state index in [1.54, 1.807) is 7.11 Å². The number of hydrogen-bond acceptors (Lipinski definition) is 3. The van der Waals surface area contributed by atoms with E-state index in [9.17, 15) is 9.59 Å². The van der Waals surface area contributed by atoms with Crippen LogP contribution in [0.1, 0.15) is 28.8 Å². The molecule has 0 unspecified atom stereocenters. The Morgan fingerprint density at radius 3 is 2.41 bits per heavy atom. The Morgan fingerprint density at radius 1 is 1.04 bits per heavy atom. The maximum Gasteiger partial charge on any atom is 0.253 e. The Balaban J connectivity index is 1.44. The van der Waals surface area contributed by atoms with Crippen molar-refractivity contribution >= 4 is 11.8 Å². The summed E-state index contributed by atoms with van der Waals surface area (Å²) in [7, 11) is 1.65. The molecule has 1 fully saturated rings. The summed E-state index contributed by atoms with van der Waals surface area (Å²) in [5, 5.41) is 3.03. The predicted octanol–water partition coefficient (Wildman–Crippen LogP) is 2.91. The van der Waals surface area contributed by atoms with Crippen LogP contribution in [0.5, 0.6) is 5.75 Å². The molecule has 0 atom stereocenters. The summed E-state index contributed by atoms with van der Waals surface area (Å²) in [6.45, 7) is 1.83. The molecule has 27 heavy (non-hydrogen) atoms. The third-order valence-corrected chi connectivity index (χ3v) is 5.06. The van der Waals surface area contributed by atoms with Gasteiger partial charge in [0, 0.05) is 31.1 Å². The van der Waals surface area contributed by atoms with Gasteiger partial charge in [0.2, 0.25) is 5.91 Å². The first-order valence-corrected chi connectivity index (χ1v) is 9.43. The maximum atomic E-state index is 12.5. The molecule has 0 saturated carbocycles. The van der Waals surface area contributed by atoms with E-state index in [1.807, 2.05) is 59.5 Å². The van der Waals surface area contributed by atoms with Gasteiger partial charge in [0.1, 0.15) is 5.75 Å². The lowest BCUT2D eigenvalue weighted by Gasteiger charge is -2.31. The van der Waals surface area contributed by atoms with Gasteiger partial charge in [0.05, 0.1) is 7.11 Å². The molecule has 2 amide bonds. The number of methoxy groups -OCH3 is 1. The van der Waals surface area contributed by atoms with Gasteiger partial charge in [0.15, 0.2) is 0 Å². The van der Waals surface area contributed by atoms with Crippen LogP contribution in [0.15, 0.2) is 54.6 Å². The Hall–Kier alpha value is -2.82. The summed E-state index contributed by atoms with van der Waals surface area (Å²) in [5.74, 6) is 0.948. The zero-order valence-corrected chi connectivity index (χ0v) is 15.7. The highest BCUT2D eigenvalue weighted by molar-refractivity contribution is 5.94. The third kappa shape index (κ3) is 4.88. The fraction of sp³-hybridized carbons (Fsp3) is 0.364. The van der Waals surface area contributed by atoms with E-state index in [2.05, 4.69) is 5.32 Å². The topological polar surface area (TPSA) is 58.6 Å². The lowest BCUT2D eigenvalue weighted by atomic mass is 9.95. The van der Waals surface area contributed by atoms with Crippen LogP contribution in [-0.4, -0.2) is 43.5 Å². The highest BCUT2D eigenvalue weighted by Crippen LogP contribution is 2.20. The average Bonchev–Trinajstić information content (AvgIpc) is 2.74. The molecule has 2 aromatic rings. The molecule has 0 spiro atoms. The molecule has 0 bridgehead atoms. The molecule has 0 aliphatic carbocycles. The van der Waals surface area contributed by atoms with Crippen LogP contribution < -0.4 is 10.1 Å². The molecule has 1 saturated heterocycles. The molecule has 1 aliphatic heterocycles. The number of likely N-dealkylation sites (tertiary alicyclic amines) is 1. The number of para-hydroxylation sites is 1. The molecule has 1 N–H and O–H groups in total. The largest absolute Gasteiger partial charge is 0.496 e. The van der Waals surface area contributed by atoms with E-state index in [1.165, 1.54) is 0 Å². The minimum absolute atomic E-state index is 0.0255. The van der Waals surface area contributed by atoms with Crippen molar-refractivity contribution in [3.8, 4) is 5.75 Å². The van der Waals surface area contributed by atoms with Crippen molar-refractivity contribution in [2.45, 2.75) is 19.3 Å². The number of amides is 2. The number of nitrogens with zero attached hydrogens (tertiary/aromatic N) is 1. The first-order chi connectivity index (χ1) is 13.2. The van der Waals surface area contributed by atoms with Gasteiger partial charge < -0.3 is 15.0 Å². The number of ether oxygens (including phenoxy) is 1. The summed E-state index contributed by atoms with van der Waals surface area (Å²) >= 11 is 0. The van der Waals surface area contributed by atoms with Crippen molar-refractivity contribution in [1.29, 1.82) is 0 Å². The molecular weight excluding hydrogens is 340 g/mol. The maximum absolute atomic E-state index is 12.5. The Morgan fingerprint density at radius 2 is 1.70 bits per heavy atom. The lowest BCUT2D eigenvalue weighted by molar-refractivity contribution is -0.126. The normalized spacial score (nSPS) is 14.6. The van der Waals surface area contributed by atoms with Crippen molar-refractivity contribution in [2.75, 3.05) is 26.7 Å². The molecule has 5 nitrogen and oxygen atoms in total. The molecule has 0 radical (unpaired) electrons. The second kappa shape index (κ2) is 9.21. The van der Waals surface area contributed by atoms with Gasteiger partial charge in [-0.3, -0.25) is 9.59 Å². The van der Waals surface area contributed by atoms with E-state index < -0.39 is 0 Å². The van der Waals surface area contributed by atoms with Crippen LogP contribution in [-0.2, 0) is 11.2 Å². The second-order valence-electron chi connectivity index (χ2n) is 6.79. The summed E-state index contributed by atoms with van der Waals surface area (Å²) in [6.07, 6.45) is 2.15. The van der Waals surface area contributed by atoms with E-state index in [0.29, 0.717) is 38.0 Å². The molecular formula is C22H26N2O3. The van der Waals surface area contributed by atoms with Crippen LogP contribution in [0.25, 0.3) is 0 Å². The van der Waals surface area contributed by atoms with Crippen LogP contribution in [0, 0.1) is 5.92 Å². The summed E-state index contributed by atoms with van der Waals surface area (Å²) in [6, 6.07) is 17.2. The van der Waals surface area contributed by atoms with E-state index >= 15 is 0 Å². The minimum Gasteiger partial charge on any atom is -0.496 e. The quantitative estimate of drug-likeness (QED) is 0.855. The number of carbonyl (C=O) groups is 2. The fourth-order valence-electron chi connectivity index (χ4n) is 3.48. The Labute approximate surface area is 160 Å². The smallest absolute Gasteiger partial charge is 0.253 e. The van der Waals surface area contributed by atoms with Crippen LogP contribution in [0.2, 0.25) is 0 Å². The molecule has 3 rings (SSSR count). The standard InChI is InChI=1S/C22H26N2O3/c1-27-20-10-6-5-7-17(20)11-14-23-21(25)18-12-15-24(16-13-18)22(26)19-8-3-2-4-9-19/h2-10,18H,11-16H2,1H3,(H,23,25). The fourth-order valence-corrected chi connectivity index (χ4v) is 3.48. The van der Waals surface area contributed by atoms with Gasteiger partial charge in [-0.1, -0.05) is 36.4 Å². The third-order valence-electron chi connectivity index (χ3n) is 5.06. The highest BCUT2D eigenvalue weighted by Gasteiger charge is 2.27. The summed E-state index contributed by atoms with van der Waals surface area (Å²) < 4.78 is 5.34. The summed E-state index contributed by atoms with van der Waals surface area (Å²) in [5.41, 5.74) is 1.79. The van der Waals surface area contributed by atoms with Crippen molar-refractivity contribution in [2.24, 2.45) is 5.92 Å². The number of carbonyl (C=O) groups excluding carboxylic acids is 2. The van der Waals surface area contributed by atoms with Gasteiger partial charge in [-0.2, -0.15) is 0 Å². The minimum atomic E-state index is -0.0255. The highest BCUT2D eigenvalue weighted by atomic mass is 16.5. The van der Waals surface area contributed by atoms with Crippen molar-refractivity contribution in [3.63, 3.8) is 0 Å². The Bertz CT molecular complexity index is 768. The predicted molar refractivity (Wildman–Crippen MR) is 105 cm³/mol. The van der Waals surface area contributed by atoms with Crippen molar-refractivity contribution < 1.29 is 14.3 Å². The molecule has 142 valence electrons. The average molecular weight is 366 g/mol. The van der Waals surface area contributed by atoms with Crippen LogP contribution in [0.3, 0.4) is 0 Å². The van der Waals surface area contributed by atoms with Gasteiger partial charge in [-0.25, -0.2) is 0 Å². The van der Waals surface area contributed by atoms with Crippen molar-refractivity contribution in [3.05, 3.63) is 65.7 Å². The molecule has 1 aliphatic rings. The van der Waals surface area contributed by atoms with E-state index in [-0.39, 0.29) is 17.7 Å². The van der Waals surface area contributed by atoms with Gasteiger partial charge in [0.25, 0.3) is 5.91 Å². The summed E-state index contributed by atoms with van der Waals surface area (Å²) in [4.78, 5) is 26.8. The lowest BCUT2D eigenvalue weighted by Crippen LogP contribution is -2.43. The zero-order chi connectivity index (χ0) is 19.1. The van der Waals surface area contributed by atoms with Gasteiger partial charge in [-0.15, -0.1) is 0 Å². The first kappa shape index (κ1) is 19.0. The van der Waals surface area contributed by atoms with Gasteiger partial charge >= 0.3 is 0 Å². The zero-order valence-electron chi connectivity index (χ0n) is 15.7. The van der Waals surface area contributed by atoms with Gasteiger partial charge in [-0.05, 0) is 43.0 Å². The van der Waals surface area contributed by atoms with Crippen molar-refractivity contribution in [1.82, 2.24) is 10.2 Å². The number of rotatable bonds is 6. The number of hydrogen-bond donors (Lipinski definition) is 1. The second-order valence-corrected chi connectivity index (χ2v) is 6.79. The van der Waals surface area contributed by atoms with E-state index in [4.69, 9.17) is 4.74 Å². The van der Waals surface area contributed by atoms with E-state index in [0.717, 1.165) is 17.7 Å². The molecule has 0 aromatic heterocycles.